The van der Waals surface area contributed by atoms with E-state index in [1.165, 1.54) is 5.69 Å². The lowest BCUT2D eigenvalue weighted by Crippen LogP contribution is -1.89. The third-order valence-corrected chi connectivity index (χ3v) is 1.67. The lowest BCUT2D eigenvalue weighted by Gasteiger charge is -1.98. The Morgan fingerprint density at radius 3 is 2.92 bits per heavy atom. The van der Waals surface area contributed by atoms with Gasteiger partial charge in [-0.1, -0.05) is 25.5 Å². The zero-order valence-corrected chi connectivity index (χ0v) is 7.75. The number of hydrogen-bond donors (Lipinski definition) is 0. The summed E-state index contributed by atoms with van der Waals surface area (Å²) in [6, 6.07) is 6.17. The van der Waals surface area contributed by atoms with Crippen LogP contribution in [-0.2, 0) is 6.42 Å². The molecule has 0 aromatic carbocycles. The van der Waals surface area contributed by atoms with Gasteiger partial charge in [0.05, 0.1) is 5.69 Å². The fourth-order valence-corrected chi connectivity index (χ4v) is 1.16. The first-order valence-corrected chi connectivity index (χ1v) is 4.45. The summed E-state index contributed by atoms with van der Waals surface area (Å²) in [6.45, 7) is 4.18. The van der Waals surface area contributed by atoms with E-state index in [0.29, 0.717) is 0 Å². The van der Waals surface area contributed by atoms with Gasteiger partial charge in [0.2, 0.25) is 0 Å². The van der Waals surface area contributed by atoms with Crippen molar-refractivity contribution < 1.29 is 0 Å². The molecule has 0 fully saturated rings. The SMILES string of the molecule is CC=Cc1cccc(CCC)n1. The fraction of sp³-hybridized carbons (Fsp3) is 0.364. The maximum absolute atomic E-state index is 4.47. The maximum Gasteiger partial charge on any atom is 0.0629 e. The molecule has 0 saturated heterocycles. The van der Waals surface area contributed by atoms with Crippen molar-refractivity contribution in [1.29, 1.82) is 0 Å². The van der Waals surface area contributed by atoms with E-state index in [9.17, 15) is 0 Å². The Morgan fingerprint density at radius 2 is 2.25 bits per heavy atom. The molecule has 1 heteroatoms. The van der Waals surface area contributed by atoms with Crippen LogP contribution in [0, 0.1) is 0 Å². The number of rotatable bonds is 3. The van der Waals surface area contributed by atoms with Crippen molar-refractivity contribution in [3.63, 3.8) is 0 Å². The highest BCUT2D eigenvalue weighted by Gasteiger charge is 1.92. The van der Waals surface area contributed by atoms with Gasteiger partial charge in [0.1, 0.15) is 0 Å². The van der Waals surface area contributed by atoms with E-state index in [0.717, 1.165) is 18.5 Å². The Hall–Kier alpha value is -1.11. The van der Waals surface area contributed by atoms with Gasteiger partial charge in [-0.3, -0.25) is 4.98 Å². The number of nitrogens with zero attached hydrogens (tertiary/aromatic N) is 1. The summed E-state index contributed by atoms with van der Waals surface area (Å²) < 4.78 is 0. The molecule has 0 bridgehead atoms. The van der Waals surface area contributed by atoms with Gasteiger partial charge in [-0.05, 0) is 31.6 Å². The van der Waals surface area contributed by atoms with E-state index in [1.807, 2.05) is 25.1 Å². The molecule has 1 heterocycles. The van der Waals surface area contributed by atoms with Crippen molar-refractivity contribution >= 4 is 6.08 Å². The summed E-state index contributed by atoms with van der Waals surface area (Å²) in [5.41, 5.74) is 2.25. The molecule has 1 aromatic rings. The van der Waals surface area contributed by atoms with Gasteiger partial charge in [0.15, 0.2) is 0 Å². The van der Waals surface area contributed by atoms with Crippen LogP contribution in [0.5, 0.6) is 0 Å². The number of aromatic nitrogens is 1. The second-order valence-electron chi connectivity index (χ2n) is 2.80. The largest absolute Gasteiger partial charge is 0.253 e. The average molecular weight is 161 g/mol. The smallest absolute Gasteiger partial charge is 0.0629 e. The zero-order valence-electron chi connectivity index (χ0n) is 7.75. The van der Waals surface area contributed by atoms with Crippen LogP contribution in [0.1, 0.15) is 31.7 Å². The van der Waals surface area contributed by atoms with Crippen LogP contribution in [0.4, 0.5) is 0 Å². The van der Waals surface area contributed by atoms with Crippen molar-refractivity contribution in [2.75, 3.05) is 0 Å². The van der Waals surface area contributed by atoms with Crippen molar-refractivity contribution in [2.24, 2.45) is 0 Å². The highest BCUT2D eigenvalue weighted by Crippen LogP contribution is 2.03. The first-order valence-electron chi connectivity index (χ1n) is 4.45. The van der Waals surface area contributed by atoms with Crippen molar-refractivity contribution in [2.45, 2.75) is 26.7 Å². The van der Waals surface area contributed by atoms with E-state index >= 15 is 0 Å². The van der Waals surface area contributed by atoms with Crippen LogP contribution in [0.15, 0.2) is 24.3 Å². The molecule has 0 aliphatic rings. The molecule has 0 N–H and O–H groups in total. The topological polar surface area (TPSA) is 12.9 Å². The van der Waals surface area contributed by atoms with Gasteiger partial charge in [-0.15, -0.1) is 0 Å². The Morgan fingerprint density at radius 1 is 1.42 bits per heavy atom. The number of pyridine rings is 1. The number of hydrogen-bond acceptors (Lipinski definition) is 1. The fourth-order valence-electron chi connectivity index (χ4n) is 1.16. The minimum absolute atomic E-state index is 1.06. The minimum atomic E-state index is 1.06. The maximum atomic E-state index is 4.47. The molecule has 0 saturated carbocycles. The normalized spacial score (nSPS) is 10.8. The molecule has 0 radical (unpaired) electrons. The van der Waals surface area contributed by atoms with Crippen molar-refractivity contribution in [3.05, 3.63) is 35.7 Å². The van der Waals surface area contributed by atoms with Crippen LogP contribution in [0.3, 0.4) is 0 Å². The summed E-state index contributed by atoms with van der Waals surface area (Å²) >= 11 is 0. The molecule has 0 atom stereocenters. The molecular weight excluding hydrogens is 146 g/mol. The third kappa shape index (κ3) is 2.50. The monoisotopic (exact) mass is 161 g/mol. The molecule has 1 aromatic heterocycles. The second-order valence-corrected chi connectivity index (χ2v) is 2.80. The number of aryl methyl sites for hydroxylation is 1. The Labute approximate surface area is 74.2 Å². The lowest BCUT2D eigenvalue weighted by molar-refractivity contribution is 0.880. The molecule has 0 aliphatic heterocycles. The molecule has 0 unspecified atom stereocenters. The predicted octanol–water partition coefficient (Wildman–Crippen LogP) is 3.07. The highest BCUT2D eigenvalue weighted by atomic mass is 14.7. The van der Waals surface area contributed by atoms with Crippen LogP contribution in [-0.4, -0.2) is 4.98 Å². The van der Waals surface area contributed by atoms with E-state index in [4.69, 9.17) is 0 Å². The van der Waals surface area contributed by atoms with E-state index in [2.05, 4.69) is 24.0 Å². The molecular formula is C11H15N. The zero-order chi connectivity index (χ0) is 8.81. The first-order chi connectivity index (χ1) is 5.86. The van der Waals surface area contributed by atoms with Crippen LogP contribution < -0.4 is 0 Å². The van der Waals surface area contributed by atoms with Crippen LogP contribution in [0.2, 0.25) is 0 Å². The molecule has 12 heavy (non-hydrogen) atoms. The highest BCUT2D eigenvalue weighted by molar-refractivity contribution is 5.43. The summed E-state index contributed by atoms with van der Waals surface area (Å²) in [4.78, 5) is 4.47. The summed E-state index contributed by atoms with van der Waals surface area (Å²) in [7, 11) is 0. The average Bonchev–Trinajstić information content (AvgIpc) is 2.06. The quantitative estimate of drug-likeness (QED) is 0.664. The minimum Gasteiger partial charge on any atom is -0.253 e. The van der Waals surface area contributed by atoms with E-state index in [-0.39, 0.29) is 0 Å². The summed E-state index contributed by atoms with van der Waals surface area (Å²) in [5, 5.41) is 0. The second kappa shape index (κ2) is 4.70. The van der Waals surface area contributed by atoms with Gasteiger partial charge >= 0.3 is 0 Å². The van der Waals surface area contributed by atoms with Crippen LogP contribution >= 0.6 is 0 Å². The van der Waals surface area contributed by atoms with Crippen LogP contribution in [0.25, 0.3) is 6.08 Å². The molecule has 0 spiro atoms. The predicted molar refractivity (Wildman–Crippen MR) is 52.9 cm³/mol. The lowest BCUT2D eigenvalue weighted by atomic mass is 10.2. The molecule has 1 rings (SSSR count). The first kappa shape index (κ1) is 8.98. The molecule has 64 valence electrons. The molecule has 0 aliphatic carbocycles. The van der Waals surface area contributed by atoms with Gasteiger partial charge in [0, 0.05) is 5.69 Å². The third-order valence-electron chi connectivity index (χ3n) is 1.67. The Bertz CT molecular complexity index is 263. The standard InChI is InChI=1S/C11H15N/c1-3-6-10-8-5-9-11(12-10)7-4-2/h3,5-6,8-9H,4,7H2,1-2H3. The van der Waals surface area contributed by atoms with Gasteiger partial charge in [-0.2, -0.15) is 0 Å². The molecule has 0 amide bonds. The number of allylic oxidation sites excluding steroid dienone is 1. The summed E-state index contributed by atoms with van der Waals surface area (Å²) in [6.07, 6.45) is 6.27. The van der Waals surface area contributed by atoms with E-state index in [1.54, 1.807) is 0 Å². The van der Waals surface area contributed by atoms with E-state index < -0.39 is 0 Å². The Kier molecular flexibility index (Phi) is 3.52. The van der Waals surface area contributed by atoms with Crippen molar-refractivity contribution in [1.82, 2.24) is 4.98 Å². The van der Waals surface area contributed by atoms with Crippen molar-refractivity contribution in [3.8, 4) is 0 Å². The summed E-state index contributed by atoms with van der Waals surface area (Å²) in [5.74, 6) is 0. The molecule has 1 nitrogen and oxygen atoms in total. The van der Waals surface area contributed by atoms with Gasteiger partial charge in [-0.25, -0.2) is 0 Å². The van der Waals surface area contributed by atoms with Gasteiger partial charge < -0.3 is 0 Å². The Balaban J connectivity index is 2.80. The van der Waals surface area contributed by atoms with Gasteiger partial charge in [0.25, 0.3) is 0 Å².